The van der Waals surface area contributed by atoms with Crippen molar-refractivity contribution in [2.75, 3.05) is 5.32 Å². The number of guanidine groups is 1. The van der Waals surface area contributed by atoms with Crippen molar-refractivity contribution in [3.8, 4) is 0 Å². The van der Waals surface area contributed by atoms with E-state index < -0.39 is 0 Å². The summed E-state index contributed by atoms with van der Waals surface area (Å²) in [5.41, 5.74) is 12.5. The Morgan fingerprint density at radius 1 is 1.33 bits per heavy atom. The van der Waals surface area contributed by atoms with Gasteiger partial charge >= 0.3 is 0 Å². The zero-order valence-corrected chi connectivity index (χ0v) is 13.8. The number of aromatic nitrogens is 2. The molecule has 1 atom stereocenters. The molecule has 3 rings (SSSR count). The molecule has 1 aliphatic rings. The molecule has 0 saturated heterocycles. The molecule has 7 nitrogen and oxygen atoms in total. The van der Waals surface area contributed by atoms with Crippen LogP contribution in [0.25, 0.3) is 11.0 Å². The van der Waals surface area contributed by atoms with Gasteiger partial charge in [0.25, 0.3) is 0 Å². The average Bonchev–Trinajstić information content (AvgIpc) is 3.04. The van der Waals surface area contributed by atoms with Crippen LogP contribution in [0.4, 0.5) is 5.69 Å². The van der Waals surface area contributed by atoms with E-state index in [1.807, 2.05) is 25.3 Å². The van der Waals surface area contributed by atoms with Gasteiger partial charge in [0.1, 0.15) is 5.65 Å². The number of carbonyl (C=O) groups excluding carboxylic acids is 1. The molecule has 24 heavy (non-hydrogen) atoms. The van der Waals surface area contributed by atoms with E-state index in [1.54, 1.807) is 6.20 Å². The maximum Gasteiger partial charge on any atom is 0.227 e. The Morgan fingerprint density at radius 3 is 2.79 bits per heavy atom. The smallest absolute Gasteiger partial charge is 0.227 e. The number of rotatable bonds is 4. The van der Waals surface area contributed by atoms with Crippen LogP contribution in [-0.2, 0) is 4.79 Å². The van der Waals surface area contributed by atoms with Crippen molar-refractivity contribution >= 4 is 28.6 Å². The fraction of sp³-hybridized carbons (Fsp3) is 0.471. The molecule has 1 amide bonds. The summed E-state index contributed by atoms with van der Waals surface area (Å²) in [6, 6.07) is 3.87. The summed E-state index contributed by atoms with van der Waals surface area (Å²) in [6.07, 6.45) is 7.17. The second-order valence-electron chi connectivity index (χ2n) is 6.49. The topological polar surface area (TPSA) is 122 Å². The molecule has 0 aliphatic heterocycles. The van der Waals surface area contributed by atoms with Crippen LogP contribution in [0.5, 0.6) is 0 Å². The second kappa shape index (κ2) is 6.90. The highest BCUT2D eigenvalue weighted by Crippen LogP contribution is 2.33. The average molecular weight is 328 g/mol. The van der Waals surface area contributed by atoms with Gasteiger partial charge in [-0.1, -0.05) is 0 Å². The number of anilines is 1. The van der Waals surface area contributed by atoms with Crippen molar-refractivity contribution in [2.45, 2.75) is 38.6 Å². The number of H-pyrrole nitrogens is 1. The lowest BCUT2D eigenvalue weighted by atomic mass is 9.78. The van der Waals surface area contributed by atoms with Crippen molar-refractivity contribution in [2.24, 2.45) is 28.3 Å². The number of pyridine rings is 1. The number of amides is 1. The minimum Gasteiger partial charge on any atom is -0.370 e. The van der Waals surface area contributed by atoms with E-state index in [0.29, 0.717) is 5.92 Å². The molecule has 1 saturated carbocycles. The van der Waals surface area contributed by atoms with Crippen molar-refractivity contribution < 1.29 is 4.79 Å². The van der Waals surface area contributed by atoms with Crippen LogP contribution >= 0.6 is 0 Å². The van der Waals surface area contributed by atoms with Crippen LogP contribution in [0.15, 0.2) is 29.5 Å². The van der Waals surface area contributed by atoms with Crippen molar-refractivity contribution in [1.29, 1.82) is 0 Å². The van der Waals surface area contributed by atoms with E-state index in [2.05, 4.69) is 20.3 Å². The highest BCUT2D eigenvalue weighted by molar-refractivity contribution is 6.00. The lowest BCUT2D eigenvalue weighted by Crippen LogP contribution is -2.32. The first-order valence-corrected chi connectivity index (χ1v) is 8.36. The largest absolute Gasteiger partial charge is 0.370 e. The monoisotopic (exact) mass is 328 g/mol. The van der Waals surface area contributed by atoms with Crippen molar-refractivity contribution in [3.05, 3.63) is 24.5 Å². The molecule has 0 radical (unpaired) electrons. The number of nitrogens with zero attached hydrogens (tertiary/aromatic N) is 2. The first-order chi connectivity index (χ1) is 11.5. The predicted octanol–water partition coefficient (Wildman–Crippen LogP) is 1.97. The SMILES string of the molecule is CC(N=C(N)N)C1CCC(C(=O)Nc2ccnc3[nH]ccc23)CC1. The molecule has 1 aliphatic carbocycles. The molecule has 2 aromatic rings. The molecule has 1 unspecified atom stereocenters. The Hall–Kier alpha value is -2.57. The predicted molar refractivity (Wildman–Crippen MR) is 95.4 cm³/mol. The number of aliphatic imine (C=N–C) groups is 1. The first kappa shape index (κ1) is 16.3. The van der Waals surface area contributed by atoms with Gasteiger partial charge in [0.15, 0.2) is 5.96 Å². The van der Waals surface area contributed by atoms with Crippen LogP contribution in [-0.4, -0.2) is 27.9 Å². The van der Waals surface area contributed by atoms with Gasteiger partial charge in [-0.25, -0.2) is 4.98 Å². The maximum atomic E-state index is 12.6. The minimum atomic E-state index is 0.0369. The van der Waals surface area contributed by atoms with Crippen LogP contribution in [0.3, 0.4) is 0 Å². The van der Waals surface area contributed by atoms with Crippen LogP contribution < -0.4 is 16.8 Å². The lowest BCUT2D eigenvalue weighted by molar-refractivity contribution is -0.121. The van der Waals surface area contributed by atoms with Gasteiger partial charge in [-0.3, -0.25) is 9.79 Å². The summed E-state index contributed by atoms with van der Waals surface area (Å²) in [5, 5.41) is 3.98. The number of nitrogens with one attached hydrogen (secondary N) is 2. The first-order valence-electron chi connectivity index (χ1n) is 8.36. The molecular weight excluding hydrogens is 304 g/mol. The van der Waals surface area contributed by atoms with E-state index in [-0.39, 0.29) is 23.8 Å². The number of nitrogens with two attached hydrogens (primary N) is 2. The van der Waals surface area contributed by atoms with Gasteiger partial charge in [0.2, 0.25) is 5.91 Å². The molecule has 6 N–H and O–H groups in total. The second-order valence-corrected chi connectivity index (χ2v) is 6.49. The zero-order chi connectivity index (χ0) is 17.1. The van der Waals surface area contributed by atoms with Crippen LogP contribution in [0.2, 0.25) is 0 Å². The number of hydrogen-bond donors (Lipinski definition) is 4. The lowest BCUT2D eigenvalue weighted by Gasteiger charge is -2.30. The van der Waals surface area contributed by atoms with E-state index in [4.69, 9.17) is 11.5 Å². The third-order valence-corrected chi connectivity index (χ3v) is 4.90. The molecule has 0 spiro atoms. The third kappa shape index (κ3) is 3.50. The molecule has 0 bridgehead atoms. The molecule has 1 fully saturated rings. The molecule has 0 aromatic carbocycles. The van der Waals surface area contributed by atoms with E-state index >= 15 is 0 Å². The molecule has 128 valence electrons. The van der Waals surface area contributed by atoms with E-state index in [0.717, 1.165) is 42.4 Å². The van der Waals surface area contributed by atoms with Crippen LogP contribution in [0.1, 0.15) is 32.6 Å². The van der Waals surface area contributed by atoms with E-state index in [1.165, 1.54) is 0 Å². The molecule has 2 aromatic heterocycles. The Balaban J connectivity index is 1.60. The van der Waals surface area contributed by atoms with Gasteiger partial charge in [0.05, 0.1) is 11.7 Å². The van der Waals surface area contributed by atoms with Crippen molar-refractivity contribution in [3.63, 3.8) is 0 Å². The van der Waals surface area contributed by atoms with Gasteiger partial charge in [-0.15, -0.1) is 0 Å². The third-order valence-electron chi connectivity index (χ3n) is 4.90. The number of fused-ring (bicyclic) bond motifs is 1. The number of hydrogen-bond acceptors (Lipinski definition) is 3. The van der Waals surface area contributed by atoms with E-state index in [9.17, 15) is 4.79 Å². The molecule has 7 heteroatoms. The quantitative estimate of drug-likeness (QED) is 0.506. The number of aromatic amines is 1. The van der Waals surface area contributed by atoms with Gasteiger partial charge in [0, 0.05) is 23.7 Å². The Bertz CT molecular complexity index is 740. The summed E-state index contributed by atoms with van der Waals surface area (Å²) in [5.74, 6) is 0.690. The van der Waals surface area contributed by atoms with Gasteiger partial charge < -0.3 is 21.8 Å². The Kier molecular flexibility index (Phi) is 4.69. The molecule has 2 heterocycles. The summed E-state index contributed by atoms with van der Waals surface area (Å²) in [6.45, 7) is 2.03. The summed E-state index contributed by atoms with van der Waals surface area (Å²) >= 11 is 0. The summed E-state index contributed by atoms with van der Waals surface area (Å²) in [4.78, 5) is 24.1. The maximum absolute atomic E-state index is 12.6. The highest BCUT2D eigenvalue weighted by atomic mass is 16.1. The van der Waals surface area contributed by atoms with Crippen molar-refractivity contribution in [1.82, 2.24) is 9.97 Å². The van der Waals surface area contributed by atoms with Gasteiger partial charge in [-0.05, 0) is 50.7 Å². The highest BCUT2D eigenvalue weighted by Gasteiger charge is 2.29. The van der Waals surface area contributed by atoms with Gasteiger partial charge in [-0.2, -0.15) is 0 Å². The minimum absolute atomic E-state index is 0.0369. The summed E-state index contributed by atoms with van der Waals surface area (Å²) in [7, 11) is 0. The fourth-order valence-electron chi connectivity index (χ4n) is 3.51. The van der Waals surface area contributed by atoms with Crippen LogP contribution in [0, 0.1) is 11.8 Å². The Morgan fingerprint density at radius 2 is 2.08 bits per heavy atom. The zero-order valence-electron chi connectivity index (χ0n) is 13.8. The molecular formula is C17H24N6O. The fourth-order valence-corrected chi connectivity index (χ4v) is 3.51. The standard InChI is InChI=1S/C17H24N6O/c1-10(22-17(18)19)11-2-4-12(5-3-11)16(24)23-14-7-9-21-15-13(14)6-8-20-15/h6-12H,2-5H2,1H3,(H4,18,19,22)(H2,20,21,23,24). The Labute approximate surface area is 140 Å². The normalized spacial score (nSPS) is 22.0. The summed E-state index contributed by atoms with van der Waals surface area (Å²) < 4.78 is 0. The number of carbonyl (C=O) groups is 1.